The Labute approximate surface area is 130 Å². The van der Waals surface area contributed by atoms with Gasteiger partial charge >= 0.3 is 0 Å². The maximum absolute atomic E-state index is 5.88. The standard InChI is InChI=1S/C19H18N2O/c1-2-3-9-14-22-19-18(15-10-5-4-6-11-15)20-16-12-7-8-13-17(16)21-19/h2,4-8,10-13H,1,3,9,14H2. The van der Waals surface area contributed by atoms with Crippen LogP contribution in [0.5, 0.6) is 5.88 Å². The Kier molecular flexibility index (Phi) is 4.44. The molecule has 2 aromatic carbocycles. The summed E-state index contributed by atoms with van der Waals surface area (Å²) in [6.45, 7) is 4.34. The Hall–Kier alpha value is -2.68. The van der Waals surface area contributed by atoms with Crippen molar-refractivity contribution in [2.24, 2.45) is 0 Å². The quantitative estimate of drug-likeness (QED) is 0.490. The lowest BCUT2D eigenvalue weighted by Gasteiger charge is -2.11. The van der Waals surface area contributed by atoms with Gasteiger partial charge in [0.15, 0.2) is 0 Å². The molecule has 0 saturated carbocycles. The van der Waals surface area contributed by atoms with E-state index in [1.807, 2.05) is 60.7 Å². The Morgan fingerprint density at radius 2 is 1.59 bits per heavy atom. The Morgan fingerprint density at radius 1 is 0.909 bits per heavy atom. The van der Waals surface area contributed by atoms with E-state index in [-0.39, 0.29) is 0 Å². The SMILES string of the molecule is C=CCCCOc1nc2ccccc2nc1-c1ccccc1. The fraction of sp³-hybridized carbons (Fsp3) is 0.158. The highest BCUT2D eigenvalue weighted by molar-refractivity contribution is 5.79. The van der Waals surface area contributed by atoms with E-state index >= 15 is 0 Å². The van der Waals surface area contributed by atoms with Crippen LogP contribution < -0.4 is 4.74 Å². The minimum atomic E-state index is 0.592. The number of unbranched alkanes of at least 4 members (excludes halogenated alkanes) is 1. The van der Waals surface area contributed by atoms with Gasteiger partial charge in [-0.3, -0.25) is 0 Å². The Bertz CT molecular complexity index is 769. The second-order valence-corrected chi connectivity index (χ2v) is 5.01. The highest BCUT2D eigenvalue weighted by atomic mass is 16.5. The van der Waals surface area contributed by atoms with Crippen LogP contribution in [0.4, 0.5) is 0 Å². The van der Waals surface area contributed by atoms with Crippen LogP contribution >= 0.6 is 0 Å². The molecule has 3 aromatic rings. The van der Waals surface area contributed by atoms with E-state index in [0.29, 0.717) is 12.5 Å². The van der Waals surface area contributed by atoms with E-state index in [1.165, 1.54) is 0 Å². The normalized spacial score (nSPS) is 10.5. The summed E-state index contributed by atoms with van der Waals surface area (Å²) < 4.78 is 5.88. The smallest absolute Gasteiger partial charge is 0.241 e. The van der Waals surface area contributed by atoms with Crippen molar-refractivity contribution in [1.82, 2.24) is 9.97 Å². The first-order valence-electron chi connectivity index (χ1n) is 7.44. The van der Waals surface area contributed by atoms with Gasteiger partial charge in [0.1, 0.15) is 5.69 Å². The number of ether oxygens (including phenoxy) is 1. The predicted molar refractivity (Wildman–Crippen MR) is 89.9 cm³/mol. The summed E-state index contributed by atoms with van der Waals surface area (Å²) in [5.41, 5.74) is 3.53. The minimum absolute atomic E-state index is 0.592. The highest BCUT2D eigenvalue weighted by Gasteiger charge is 2.12. The number of allylic oxidation sites excluding steroid dienone is 1. The van der Waals surface area contributed by atoms with Crippen molar-refractivity contribution < 1.29 is 4.74 Å². The molecule has 0 spiro atoms. The van der Waals surface area contributed by atoms with Crippen LogP contribution in [0.1, 0.15) is 12.8 Å². The molecular formula is C19H18N2O. The van der Waals surface area contributed by atoms with Gasteiger partial charge in [-0.25, -0.2) is 9.97 Å². The second kappa shape index (κ2) is 6.85. The lowest BCUT2D eigenvalue weighted by Crippen LogP contribution is -2.02. The van der Waals surface area contributed by atoms with Gasteiger partial charge in [0.25, 0.3) is 0 Å². The molecule has 1 heterocycles. The van der Waals surface area contributed by atoms with E-state index in [2.05, 4.69) is 11.6 Å². The molecule has 0 radical (unpaired) electrons. The number of aromatic nitrogens is 2. The van der Waals surface area contributed by atoms with Gasteiger partial charge in [0.2, 0.25) is 5.88 Å². The third-order valence-electron chi connectivity index (χ3n) is 3.38. The maximum atomic E-state index is 5.88. The van der Waals surface area contributed by atoms with Crippen molar-refractivity contribution in [3.05, 3.63) is 67.3 Å². The molecule has 110 valence electrons. The van der Waals surface area contributed by atoms with Gasteiger partial charge in [-0.15, -0.1) is 6.58 Å². The predicted octanol–water partition coefficient (Wildman–Crippen LogP) is 4.64. The van der Waals surface area contributed by atoms with Crippen molar-refractivity contribution >= 4 is 11.0 Å². The first kappa shape index (κ1) is 14.3. The Balaban J connectivity index is 2.00. The second-order valence-electron chi connectivity index (χ2n) is 5.01. The molecule has 3 nitrogen and oxygen atoms in total. The molecule has 3 heteroatoms. The van der Waals surface area contributed by atoms with Gasteiger partial charge in [-0.1, -0.05) is 48.5 Å². The number of hydrogen-bond acceptors (Lipinski definition) is 3. The molecule has 0 unspecified atom stereocenters. The molecule has 0 aliphatic carbocycles. The number of para-hydroxylation sites is 2. The lowest BCUT2D eigenvalue weighted by atomic mass is 10.1. The summed E-state index contributed by atoms with van der Waals surface area (Å²) in [7, 11) is 0. The molecule has 0 saturated heterocycles. The van der Waals surface area contributed by atoms with E-state index in [4.69, 9.17) is 9.72 Å². The van der Waals surface area contributed by atoms with E-state index in [0.717, 1.165) is 35.1 Å². The highest BCUT2D eigenvalue weighted by Crippen LogP contribution is 2.28. The van der Waals surface area contributed by atoms with Crippen LogP contribution in [-0.2, 0) is 0 Å². The fourth-order valence-electron chi connectivity index (χ4n) is 2.27. The van der Waals surface area contributed by atoms with Crippen LogP contribution in [0, 0.1) is 0 Å². The third-order valence-corrected chi connectivity index (χ3v) is 3.38. The number of hydrogen-bond donors (Lipinski definition) is 0. The molecule has 0 N–H and O–H groups in total. The van der Waals surface area contributed by atoms with Crippen LogP contribution in [0.15, 0.2) is 67.3 Å². The van der Waals surface area contributed by atoms with Crippen LogP contribution in [-0.4, -0.2) is 16.6 Å². The van der Waals surface area contributed by atoms with Crippen molar-refractivity contribution in [3.8, 4) is 17.1 Å². The van der Waals surface area contributed by atoms with Crippen LogP contribution in [0.3, 0.4) is 0 Å². The summed E-state index contributed by atoms with van der Waals surface area (Å²) in [5.74, 6) is 0.592. The van der Waals surface area contributed by atoms with E-state index in [9.17, 15) is 0 Å². The number of nitrogens with zero attached hydrogens (tertiary/aromatic N) is 2. The molecule has 1 aromatic heterocycles. The minimum Gasteiger partial charge on any atom is -0.476 e. The van der Waals surface area contributed by atoms with Gasteiger partial charge in [-0.05, 0) is 25.0 Å². The van der Waals surface area contributed by atoms with Gasteiger partial charge in [-0.2, -0.15) is 0 Å². The summed E-state index contributed by atoms with van der Waals surface area (Å²) in [4.78, 5) is 9.38. The summed E-state index contributed by atoms with van der Waals surface area (Å²) >= 11 is 0. The van der Waals surface area contributed by atoms with Crippen molar-refractivity contribution in [2.45, 2.75) is 12.8 Å². The zero-order valence-electron chi connectivity index (χ0n) is 12.4. The molecule has 0 fully saturated rings. The zero-order valence-corrected chi connectivity index (χ0v) is 12.4. The monoisotopic (exact) mass is 290 g/mol. The third kappa shape index (κ3) is 3.14. The van der Waals surface area contributed by atoms with Crippen LogP contribution in [0.2, 0.25) is 0 Å². The Morgan fingerprint density at radius 3 is 2.32 bits per heavy atom. The van der Waals surface area contributed by atoms with Crippen molar-refractivity contribution in [1.29, 1.82) is 0 Å². The van der Waals surface area contributed by atoms with E-state index in [1.54, 1.807) is 0 Å². The summed E-state index contributed by atoms with van der Waals surface area (Å²) in [6.07, 6.45) is 3.75. The number of rotatable bonds is 6. The van der Waals surface area contributed by atoms with Gasteiger partial charge in [0, 0.05) is 5.56 Å². The van der Waals surface area contributed by atoms with E-state index < -0.39 is 0 Å². The van der Waals surface area contributed by atoms with Crippen molar-refractivity contribution in [3.63, 3.8) is 0 Å². The molecule has 22 heavy (non-hydrogen) atoms. The molecule has 0 aliphatic rings. The number of benzene rings is 2. The van der Waals surface area contributed by atoms with Gasteiger partial charge in [0.05, 0.1) is 17.6 Å². The molecular weight excluding hydrogens is 272 g/mol. The average Bonchev–Trinajstić information content (AvgIpc) is 2.59. The first-order chi connectivity index (χ1) is 10.9. The summed E-state index contributed by atoms with van der Waals surface area (Å²) in [6, 6.07) is 17.9. The van der Waals surface area contributed by atoms with Crippen molar-refractivity contribution in [2.75, 3.05) is 6.61 Å². The number of fused-ring (bicyclic) bond motifs is 1. The van der Waals surface area contributed by atoms with Crippen LogP contribution in [0.25, 0.3) is 22.3 Å². The molecule has 0 aliphatic heterocycles. The maximum Gasteiger partial charge on any atom is 0.241 e. The first-order valence-corrected chi connectivity index (χ1v) is 7.44. The zero-order chi connectivity index (χ0) is 15.2. The molecule has 0 amide bonds. The molecule has 0 atom stereocenters. The van der Waals surface area contributed by atoms with Gasteiger partial charge < -0.3 is 4.74 Å². The topological polar surface area (TPSA) is 35.0 Å². The molecule has 0 bridgehead atoms. The molecule has 3 rings (SSSR count). The largest absolute Gasteiger partial charge is 0.476 e. The lowest BCUT2D eigenvalue weighted by molar-refractivity contribution is 0.302. The summed E-state index contributed by atoms with van der Waals surface area (Å²) in [5, 5.41) is 0. The fourth-order valence-corrected chi connectivity index (χ4v) is 2.27. The average molecular weight is 290 g/mol.